The van der Waals surface area contributed by atoms with Gasteiger partial charge in [0.2, 0.25) is 0 Å². The second-order valence-electron chi connectivity index (χ2n) is 5.07. The van der Waals surface area contributed by atoms with E-state index in [-0.39, 0.29) is 11.7 Å². The van der Waals surface area contributed by atoms with Gasteiger partial charge in [0.1, 0.15) is 5.75 Å². The van der Waals surface area contributed by atoms with Crippen molar-refractivity contribution in [2.24, 2.45) is 0 Å². The van der Waals surface area contributed by atoms with Gasteiger partial charge in [-0.3, -0.25) is 4.79 Å². The molecular formula is C17H20N2O2. The molecule has 0 unspecified atom stereocenters. The lowest BCUT2D eigenvalue weighted by atomic mass is 10.1. The minimum atomic E-state index is -0.222. The van der Waals surface area contributed by atoms with Crippen LogP contribution in [0.4, 0.5) is 11.4 Å². The summed E-state index contributed by atoms with van der Waals surface area (Å²) in [6, 6.07) is 12.3. The van der Waals surface area contributed by atoms with Crippen molar-refractivity contribution in [2.75, 3.05) is 17.2 Å². The number of rotatable bonds is 4. The number of anilines is 2. The Morgan fingerprint density at radius 1 is 1.24 bits per heavy atom. The first-order chi connectivity index (χ1) is 10.0. The Hall–Kier alpha value is -2.49. The van der Waals surface area contributed by atoms with E-state index >= 15 is 0 Å². The third-order valence-electron chi connectivity index (χ3n) is 3.26. The van der Waals surface area contributed by atoms with Crippen LogP contribution in [0.3, 0.4) is 0 Å². The molecule has 0 radical (unpaired) electrons. The molecular weight excluding hydrogens is 264 g/mol. The first kappa shape index (κ1) is 14.9. The fourth-order valence-corrected chi connectivity index (χ4v) is 2.23. The van der Waals surface area contributed by atoms with Crippen molar-refractivity contribution >= 4 is 17.3 Å². The summed E-state index contributed by atoms with van der Waals surface area (Å²) in [7, 11) is 0. The summed E-state index contributed by atoms with van der Waals surface area (Å²) < 4.78 is 0. The molecule has 0 saturated heterocycles. The van der Waals surface area contributed by atoms with Crippen LogP contribution in [-0.4, -0.2) is 17.6 Å². The molecule has 2 aromatic rings. The molecule has 0 aromatic heterocycles. The number of hydrogen-bond acceptors (Lipinski definition) is 3. The highest BCUT2D eigenvalue weighted by Gasteiger charge is 2.20. The highest BCUT2D eigenvalue weighted by molar-refractivity contribution is 6.08. The number of nitrogen functional groups attached to an aromatic ring is 1. The van der Waals surface area contributed by atoms with Crippen molar-refractivity contribution in [1.29, 1.82) is 0 Å². The van der Waals surface area contributed by atoms with Crippen molar-refractivity contribution in [3.05, 3.63) is 53.6 Å². The van der Waals surface area contributed by atoms with Crippen molar-refractivity contribution in [3.63, 3.8) is 0 Å². The molecule has 4 nitrogen and oxygen atoms in total. The molecule has 0 fully saturated rings. The number of carbonyl (C=O) groups excluding carboxylic acids is 1. The normalized spacial score (nSPS) is 10.4. The maximum atomic E-state index is 12.7. The standard InChI is InChI=1S/C17H20N2O2/c1-3-9-19(14-6-4-5-13(18)11-14)17(21)15-8-7-12(2)10-16(15)20/h4-8,10-11,20H,3,9,18H2,1-2H3. The number of hydrogen-bond donors (Lipinski definition) is 2. The van der Waals surface area contributed by atoms with Crippen LogP contribution in [0, 0.1) is 6.92 Å². The third-order valence-corrected chi connectivity index (χ3v) is 3.26. The van der Waals surface area contributed by atoms with Crippen LogP contribution >= 0.6 is 0 Å². The Morgan fingerprint density at radius 2 is 2.00 bits per heavy atom. The SMILES string of the molecule is CCCN(C(=O)c1ccc(C)cc1O)c1cccc(N)c1. The van der Waals surface area contributed by atoms with Crippen molar-refractivity contribution < 1.29 is 9.90 Å². The van der Waals surface area contributed by atoms with Gasteiger partial charge in [0.15, 0.2) is 0 Å². The number of nitrogens with two attached hydrogens (primary N) is 1. The number of aryl methyl sites for hydroxylation is 1. The van der Waals surface area contributed by atoms with Gasteiger partial charge in [-0.2, -0.15) is 0 Å². The Kier molecular flexibility index (Phi) is 4.48. The molecule has 110 valence electrons. The quantitative estimate of drug-likeness (QED) is 0.846. The lowest BCUT2D eigenvalue weighted by Gasteiger charge is -2.23. The molecule has 21 heavy (non-hydrogen) atoms. The average Bonchev–Trinajstić information content (AvgIpc) is 2.44. The van der Waals surface area contributed by atoms with Crippen LogP contribution in [0.25, 0.3) is 0 Å². The average molecular weight is 284 g/mol. The van der Waals surface area contributed by atoms with Crippen LogP contribution < -0.4 is 10.6 Å². The van der Waals surface area contributed by atoms with E-state index in [0.717, 1.165) is 17.7 Å². The van der Waals surface area contributed by atoms with Crippen molar-refractivity contribution in [2.45, 2.75) is 20.3 Å². The molecule has 0 heterocycles. The molecule has 3 N–H and O–H groups in total. The fourth-order valence-electron chi connectivity index (χ4n) is 2.23. The zero-order valence-corrected chi connectivity index (χ0v) is 12.3. The van der Waals surface area contributed by atoms with Crippen LogP contribution in [0.15, 0.2) is 42.5 Å². The van der Waals surface area contributed by atoms with Gasteiger partial charge < -0.3 is 15.7 Å². The van der Waals surface area contributed by atoms with Crippen LogP contribution in [0.2, 0.25) is 0 Å². The van der Waals surface area contributed by atoms with Gasteiger partial charge in [-0.05, 0) is 49.2 Å². The van der Waals surface area contributed by atoms with E-state index in [4.69, 9.17) is 5.73 Å². The maximum absolute atomic E-state index is 12.7. The Labute approximate surface area is 124 Å². The van der Waals surface area contributed by atoms with Gasteiger partial charge in [0.25, 0.3) is 5.91 Å². The number of phenols is 1. The van der Waals surface area contributed by atoms with Gasteiger partial charge >= 0.3 is 0 Å². The molecule has 4 heteroatoms. The zero-order valence-electron chi connectivity index (χ0n) is 12.3. The molecule has 1 amide bonds. The van der Waals surface area contributed by atoms with Crippen molar-refractivity contribution in [1.82, 2.24) is 0 Å². The maximum Gasteiger partial charge on any atom is 0.262 e. The number of nitrogens with zero attached hydrogens (tertiary/aromatic N) is 1. The first-order valence-corrected chi connectivity index (χ1v) is 7.00. The monoisotopic (exact) mass is 284 g/mol. The molecule has 0 spiro atoms. The van der Waals surface area contributed by atoms with Crippen LogP contribution in [0.1, 0.15) is 29.3 Å². The highest BCUT2D eigenvalue weighted by atomic mass is 16.3. The third kappa shape index (κ3) is 3.34. The lowest BCUT2D eigenvalue weighted by Crippen LogP contribution is -2.31. The molecule has 2 aromatic carbocycles. The van der Waals surface area contributed by atoms with Gasteiger partial charge in [-0.1, -0.05) is 19.1 Å². The van der Waals surface area contributed by atoms with E-state index in [9.17, 15) is 9.90 Å². The Balaban J connectivity index is 2.40. The van der Waals surface area contributed by atoms with Gasteiger partial charge in [-0.25, -0.2) is 0 Å². The molecule has 0 aliphatic carbocycles. The predicted molar refractivity (Wildman–Crippen MR) is 85.7 cm³/mol. The summed E-state index contributed by atoms with van der Waals surface area (Å²) in [6.45, 7) is 4.44. The van der Waals surface area contributed by atoms with Crippen LogP contribution in [-0.2, 0) is 0 Å². The number of aromatic hydroxyl groups is 1. The largest absolute Gasteiger partial charge is 0.507 e. The topological polar surface area (TPSA) is 66.6 Å². The van der Waals surface area contributed by atoms with Gasteiger partial charge in [-0.15, -0.1) is 0 Å². The minimum absolute atomic E-state index is 0.00464. The fraction of sp³-hybridized carbons (Fsp3) is 0.235. The van der Waals surface area contributed by atoms with E-state index in [2.05, 4.69) is 0 Å². The summed E-state index contributed by atoms with van der Waals surface area (Å²) >= 11 is 0. The second-order valence-corrected chi connectivity index (χ2v) is 5.07. The summed E-state index contributed by atoms with van der Waals surface area (Å²) in [5.74, 6) is -0.218. The number of benzene rings is 2. The molecule has 0 saturated carbocycles. The van der Waals surface area contributed by atoms with E-state index in [1.54, 1.807) is 29.2 Å². The number of amides is 1. The summed E-state index contributed by atoms with van der Waals surface area (Å²) in [5.41, 5.74) is 8.35. The van der Waals surface area contributed by atoms with E-state index in [1.807, 2.05) is 32.0 Å². The van der Waals surface area contributed by atoms with E-state index < -0.39 is 0 Å². The summed E-state index contributed by atoms with van der Waals surface area (Å²) in [4.78, 5) is 14.3. The molecule has 0 aliphatic rings. The molecule has 2 rings (SSSR count). The summed E-state index contributed by atoms with van der Waals surface area (Å²) in [5, 5.41) is 10.0. The van der Waals surface area contributed by atoms with E-state index in [0.29, 0.717) is 17.8 Å². The first-order valence-electron chi connectivity index (χ1n) is 7.00. The van der Waals surface area contributed by atoms with Crippen LogP contribution in [0.5, 0.6) is 5.75 Å². The minimum Gasteiger partial charge on any atom is -0.507 e. The highest BCUT2D eigenvalue weighted by Crippen LogP contribution is 2.25. The lowest BCUT2D eigenvalue weighted by molar-refractivity contribution is 0.0984. The summed E-state index contributed by atoms with van der Waals surface area (Å²) in [6.07, 6.45) is 0.813. The van der Waals surface area contributed by atoms with Gasteiger partial charge in [0, 0.05) is 17.9 Å². The second kappa shape index (κ2) is 6.31. The predicted octanol–water partition coefficient (Wildman–Crippen LogP) is 3.34. The zero-order chi connectivity index (χ0) is 15.4. The molecule has 0 atom stereocenters. The van der Waals surface area contributed by atoms with Crippen molar-refractivity contribution in [3.8, 4) is 5.75 Å². The van der Waals surface area contributed by atoms with E-state index in [1.165, 1.54) is 0 Å². The Bertz CT molecular complexity index is 653. The molecule has 0 bridgehead atoms. The molecule has 0 aliphatic heterocycles. The number of carbonyl (C=O) groups is 1. The Morgan fingerprint density at radius 3 is 2.62 bits per heavy atom. The number of phenolic OH excluding ortho intramolecular Hbond substituents is 1. The van der Waals surface area contributed by atoms with Gasteiger partial charge in [0.05, 0.1) is 5.56 Å². The smallest absolute Gasteiger partial charge is 0.262 e.